The van der Waals surface area contributed by atoms with Crippen LogP contribution in [0.15, 0.2) is 0 Å². The number of carbonyl (C=O) groups excluding carboxylic acids is 1. The third-order valence-electron chi connectivity index (χ3n) is 2.39. The second-order valence-electron chi connectivity index (χ2n) is 4.10. The van der Waals surface area contributed by atoms with Crippen molar-refractivity contribution in [2.45, 2.75) is 47.1 Å². The Bertz CT molecular complexity index is 350. The molecule has 0 saturated heterocycles. The summed E-state index contributed by atoms with van der Waals surface area (Å²) < 4.78 is 1.80. The highest BCUT2D eigenvalue weighted by Gasteiger charge is 2.14. The first-order valence-corrected chi connectivity index (χ1v) is 4.96. The first-order valence-electron chi connectivity index (χ1n) is 4.96. The van der Waals surface area contributed by atoms with Crippen LogP contribution in [0.3, 0.4) is 0 Å². The van der Waals surface area contributed by atoms with E-state index >= 15 is 0 Å². The number of aryl methyl sites for hydroxylation is 1. The highest BCUT2D eigenvalue weighted by molar-refractivity contribution is 5.75. The molecule has 0 aliphatic rings. The average Bonchev–Trinajstić information content (AvgIpc) is 2.25. The molecule has 0 atom stereocenters. The van der Waals surface area contributed by atoms with Gasteiger partial charge in [-0.05, 0) is 32.3 Å². The van der Waals surface area contributed by atoms with E-state index in [4.69, 9.17) is 0 Å². The lowest BCUT2D eigenvalue weighted by Crippen LogP contribution is -2.09. The fourth-order valence-electron chi connectivity index (χ4n) is 1.91. The van der Waals surface area contributed by atoms with Gasteiger partial charge in [0.1, 0.15) is 0 Å². The number of rotatable bonds is 3. The number of Topliss-reactive ketones (excluding diaryl/α,β-unsaturated/α-hetero) is 1. The molecule has 0 aliphatic carbocycles. The number of hydrogen-bond donors (Lipinski definition) is 0. The first-order chi connectivity index (χ1) is 6.43. The van der Waals surface area contributed by atoms with Gasteiger partial charge in [0.05, 0.1) is 12.2 Å². The van der Waals surface area contributed by atoms with Crippen LogP contribution >= 0.6 is 0 Å². The minimum absolute atomic E-state index is 0.144. The maximum Gasteiger partial charge on any atom is 0.151 e. The number of nitrogens with zero attached hydrogens (tertiary/aromatic N) is 2. The van der Waals surface area contributed by atoms with Crippen molar-refractivity contribution >= 4 is 5.78 Å². The van der Waals surface area contributed by atoms with Crippen molar-refractivity contribution in [3.05, 3.63) is 17.0 Å². The summed E-state index contributed by atoms with van der Waals surface area (Å²) in [7, 11) is 0. The van der Waals surface area contributed by atoms with Gasteiger partial charge in [-0.3, -0.25) is 9.48 Å². The standard InChI is InChI=1S/C11H18N2O/c1-7(2)11-9(4)12-13(10(11)5)6-8(3)14/h7H,6H2,1-5H3. The Morgan fingerprint density at radius 2 is 2.00 bits per heavy atom. The Balaban J connectivity index is 3.10. The Morgan fingerprint density at radius 1 is 1.43 bits per heavy atom. The summed E-state index contributed by atoms with van der Waals surface area (Å²) in [6, 6.07) is 0. The number of hydrogen-bond acceptors (Lipinski definition) is 2. The van der Waals surface area contributed by atoms with Crippen LogP contribution in [0.1, 0.15) is 43.6 Å². The Labute approximate surface area is 85.1 Å². The van der Waals surface area contributed by atoms with Gasteiger partial charge < -0.3 is 0 Å². The van der Waals surface area contributed by atoms with Gasteiger partial charge in [-0.25, -0.2) is 0 Å². The minimum atomic E-state index is 0.144. The van der Waals surface area contributed by atoms with E-state index in [1.807, 2.05) is 13.8 Å². The summed E-state index contributed by atoms with van der Waals surface area (Å²) in [5, 5.41) is 4.37. The molecule has 0 aliphatic heterocycles. The van der Waals surface area contributed by atoms with E-state index in [9.17, 15) is 4.79 Å². The Hall–Kier alpha value is -1.12. The molecule has 0 radical (unpaired) electrons. The van der Waals surface area contributed by atoms with Crippen LogP contribution < -0.4 is 0 Å². The van der Waals surface area contributed by atoms with Gasteiger partial charge in [0.15, 0.2) is 5.78 Å². The maximum atomic E-state index is 11.0. The van der Waals surface area contributed by atoms with Crippen molar-refractivity contribution < 1.29 is 4.79 Å². The molecule has 3 nitrogen and oxygen atoms in total. The third-order valence-corrected chi connectivity index (χ3v) is 2.39. The molecular weight excluding hydrogens is 176 g/mol. The monoisotopic (exact) mass is 194 g/mol. The lowest BCUT2D eigenvalue weighted by molar-refractivity contribution is -0.117. The minimum Gasteiger partial charge on any atom is -0.298 e. The predicted molar refractivity (Wildman–Crippen MR) is 56.5 cm³/mol. The quantitative estimate of drug-likeness (QED) is 0.739. The summed E-state index contributed by atoms with van der Waals surface area (Å²) in [5.41, 5.74) is 3.43. The molecule has 0 spiro atoms. The van der Waals surface area contributed by atoms with E-state index < -0.39 is 0 Å². The topological polar surface area (TPSA) is 34.9 Å². The van der Waals surface area contributed by atoms with Crippen LogP contribution in [0.25, 0.3) is 0 Å². The van der Waals surface area contributed by atoms with Crippen LogP contribution in [-0.2, 0) is 11.3 Å². The van der Waals surface area contributed by atoms with Crippen LogP contribution in [0, 0.1) is 13.8 Å². The van der Waals surface area contributed by atoms with Crippen molar-refractivity contribution in [3.63, 3.8) is 0 Å². The van der Waals surface area contributed by atoms with Gasteiger partial charge in [-0.15, -0.1) is 0 Å². The highest BCUT2D eigenvalue weighted by atomic mass is 16.1. The van der Waals surface area contributed by atoms with Gasteiger partial charge >= 0.3 is 0 Å². The molecule has 0 bridgehead atoms. The molecule has 0 saturated carbocycles. The summed E-state index contributed by atoms with van der Waals surface area (Å²) in [6.07, 6.45) is 0. The van der Waals surface area contributed by atoms with Gasteiger partial charge in [0.2, 0.25) is 0 Å². The van der Waals surface area contributed by atoms with Gasteiger partial charge in [0.25, 0.3) is 0 Å². The van der Waals surface area contributed by atoms with Crippen molar-refractivity contribution in [1.82, 2.24) is 9.78 Å². The molecule has 0 fully saturated rings. The molecule has 3 heteroatoms. The average molecular weight is 194 g/mol. The van der Waals surface area contributed by atoms with Crippen molar-refractivity contribution in [3.8, 4) is 0 Å². The zero-order valence-corrected chi connectivity index (χ0v) is 9.59. The van der Waals surface area contributed by atoms with E-state index in [1.165, 1.54) is 5.56 Å². The molecule has 1 aromatic rings. The third kappa shape index (κ3) is 2.03. The zero-order valence-electron chi connectivity index (χ0n) is 9.59. The lowest BCUT2D eigenvalue weighted by atomic mass is 10.0. The fraction of sp³-hybridized carbons (Fsp3) is 0.636. The van der Waals surface area contributed by atoms with Crippen LogP contribution in [0.5, 0.6) is 0 Å². The number of ketones is 1. The largest absolute Gasteiger partial charge is 0.298 e. The Kier molecular flexibility index (Phi) is 3.09. The van der Waals surface area contributed by atoms with Crippen LogP contribution in [0.4, 0.5) is 0 Å². The summed E-state index contributed by atoms with van der Waals surface area (Å²) in [5.74, 6) is 0.613. The van der Waals surface area contributed by atoms with E-state index in [1.54, 1.807) is 11.6 Å². The molecule has 0 amide bonds. The van der Waals surface area contributed by atoms with Crippen LogP contribution in [-0.4, -0.2) is 15.6 Å². The molecule has 0 aromatic carbocycles. The number of aromatic nitrogens is 2. The molecule has 1 heterocycles. The van der Waals surface area contributed by atoms with E-state index in [0.29, 0.717) is 12.5 Å². The normalized spacial score (nSPS) is 11.0. The summed E-state index contributed by atoms with van der Waals surface area (Å²) >= 11 is 0. The van der Waals surface area contributed by atoms with Crippen molar-refractivity contribution in [1.29, 1.82) is 0 Å². The zero-order chi connectivity index (χ0) is 10.9. The summed E-state index contributed by atoms with van der Waals surface area (Å²) in [6.45, 7) is 10.3. The first kappa shape index (κ1) is 11.0. The molecule has 14 heavy (non-hydrogen) atoms. The van der Waals surface area contributed by atoms with Gasteiger partial charge in [0, 0.05) is 5.69 Å². The van der Waals surface area contributed by atoms with Gasteiger partial charge in [-0.2, -0.15) is 5.10 Å². The van der Waals surface area contributed by atoms with Crippen molar-refractivity contribution in [2.75, 3.05) is 0 Å². The maximum absolute atomic E-state index is 11.0. The second kappa shape index (κ2) is 3.95. The summed E-state index contributed by atoms with van der Waals surface area (Å²) in [4.78, 5) is 11.0. The SMILES string of the molecule is CC(=O)Cn1nc(C)c(C(C)C)c1C. The molecule has 1 aromatic heterocycles. The second-order valence-corrected chi connectivity index (χ2v) is 4.10. The van der Waals surface area contributed by atoms with Gasteiger partial charge in [-0.1, -0.05) is 13.8 Å². The molecule has 0 N–H and O–H groups in total. The predicted octanol–water partition coefficient (Wildman–Crippen LogP) is 2.21. The molecule has 1 rings (SSSR count). The Morgan fingerprint density at radius 3 is 2.36 bits per heavy atom. The molecule has 0 unspecified atom stereocenters. The highest BCUT2D eigenvalue weighted by Crippen LogP contribution is 2.22. The lowest BCUT2D eigenvalue weighted by Gasteiger charge is -2.05. The smallest absolute Gasteiger partial charge is 0.151 e. The fourth-order valence-corrected chi connectivity index (χ4v) is 1.91. The number of carbonyl (C=O) groups is 1. The molecule has 78 valence electrons. The van der Waals surface area contributed by atoms with E-state index in [0.717, 1.165) is 11.4 Å². The van der Waals surface area contributed by atoms with E-state index in [2.05, 4.69) is 18.9 Å². The van der Waals surface area contributed by atoms with Crippen LogP contribution in [0.2, 0.25) is 0 Å². The van der Waals surface area contributed by atoms with E-state index in [-0.39, 0.29) is 5.78 Å². The van der Waals surface area contributed by atoms with Crippen molar-refractivity contribution in [2.24, 2.45) is 0 Å². The molecular formula is C11H18N2O.